The molecule has 3 aromatic rings. The van der Waals surface area contributed by atoms with Gasteiger partial charge in [-0.1, -0.05) is 24.3 Å². The van der Waals surface area contributed by atoms with Gasteiger partial charge in [0.05, 0.1) is 23.5 Å². The lowest BCUT2D eigenvalue weighted by molar-refractivity contribution is -0.0836. The molecule has 1 aliphatic heterocycles. The Labute approximate surface area is 249 Å². The molecule has 43 heavy (non-hydrogen) atoms. The number of fused-ring (bicyclic) bond motifs is 1. The lowest BCUT2D eigenvalue weighted by atomic mass is 9.85. The highest BCUT2D eigenvalue weighted by Crippen LogP contribution is 2.51. The molecule has 1 aliphatic carbocycles. The van der Waals surface area contributed by atoms with Crippen LogP contribution in [-0.2, 0) is 11.3 Å². The molecule has 226 valence electrons. The SMILES string of the molecule is C=CCCCCOc1nc2ncnc(N[C@H](C)c3cccc(C(F)(F)C4CCN(C(=O)O)CC4)c3)c2cc1C1(C#N)CC1. The van der Waals surface area contributed by atoms with Gasteiger partial charge in [0.1, 0.15) is 12.1 Å². The maximum Gasteiger partial charge on any atom is 0.407 e. The van der Waals surface area contributed by atoms with Crippen LogP contribution in [0.1, 0.15) is 74.6 Å². The van der Waals surface area contributed by atoms with Crippen LogP contribution in [0.5, 0.6) is 5.88 Å². The smallest absolute Gasteiger partial charge is 0.407 e. The number of piperidine rings is 1. The quantitative estimate of drug-likeness (QED) is 0.171. The van der Waals surface area contributed by atoms with Gasteiger partial charge in [-0.05, 0) is 69.6 Å². The Morgan fingerprint density at radius 1 is 1.30 bits per heavy atom. The third kappa shape index (κ3) is 6.38. The van der Waals surface area contributed by atoms with E-state index in [0.717, 1.165) is 19.3 Å². The summed E-state index contributed by atoms with van der Waals surface area (Å²) in [5, 5.41) is 23.1. The van der Waals surface area contributed by atoms with Crippen LogP contribution in [0.25, 0.3) is 11.0 Å². The number of aromatic nitrogens is 3. The van der Waals surface area contributed by atoms with Crippen molar-refractivity contribution in [1.82, 2.24) is 19.9 Å². The number of nitrogens with zero attached hydrogens (tertiary/aromatic N) is 5. The first-order chi connectivity index (χ1) is 20.7. The van der Waals surface area contributed by atoms with Crippen LogP contribution in [0.2, 0.25) is 0 Å². The normalized spacial score (nSPS) is 17.2. The molecule has 0 spiro atoms. The average molecular weight is 591 g/mol. The number of carbonyl (C=O) groups is 1. The Kier molecular flexibility index (Phi) is 8.76. The van der Waals surface area contributed by atoms with E-state index in [-0.39, 0.29) is 31.5 Å². The van der Waals surface area contributed by atoms with Crippen molar-refractivity contribution in [2.75, 3.05) is 25.0 Å². The van der Waals surface area contributed by atoms with E-state index in [9.17, 15) is 10.1 Å². The summed E-state index contributed by atoms with van der Waals surface area (Å²) in [6.45, 7) is 6.27. The molecule has 0 radical (unpaired) electrons. The maximum absolute atomic E-state index is 15.6. The second-order valence-corrected chi connectivity index (χ2v) is 11.4. The molecule has 1 aromatic carbocycles. The first-order valence-electron chi connectivity index (χ1n) is 14.7. The van der Waals surface area contributed by atoms with Crippen LogP contribution in [0.3, 0.4) is 0 Å². The Hall–Kier alpha value is -4.33. The molecule has 0 unspecified atom stereocenters. The monoisotopic (exact) mass is 590 g/mol. The van der Waals surface area contributed by atoms with E-state index in [1.165, 1.54) is 23.4 Å². The third-order valence-electron chi connectivity index (χ3n) is 8.51. The summed E-state index contributed by atoms with van der Waals surface area (Å²) < 4.78 is 37.2. The molecule has 9 nitrogen and oxygen atoms in total. The zero-order valence-electron chi connectivity index (χ0n) is 24.2. The molecule has 2 N–H and O–H groups in total. The number of hydrogen-bond donors (Lipinski definition) is 2. The third-order valence-corrected chi connectivity index (χ3v) is 8.51. The molecular formula is C32H36F2N6O3. The van der Waals surface area contributed by atoms with Gasteiger partial charge in [0.2, 0.25) is 5.88 Å². The van der Waals surface area contributed by atoms with Crippen molar-refractivity contribution in [2.24, 2.45) is 5.92 Å². The number of amides is 1. The first kappa shape index (κ1) is 30.1. The maximum atomic E-state index is 15.6. The van der Waals surface area contributed by atoms with E-state index in [2.05, 4.69) is 32.9 Å². The van der Waals surface area contributed by atoms with Gasteiger partial charge in [-0.15, -0.1) is 6.58 Å². The number of allylic oxidation sites excluding steroid dienone is 1. The molecule has 2 fully saturated rings. The highest BCUT2D eigenvalue weighted by Gasteiger charge is 2.48. The average Bonchev–Trinajstić information content (AvgIpc) is 3.82. The zero-order valence-corrected chi connectivity index (χ0v) is 24.2. The van der Waals surface area contributed by atoms with Gasteiger partial charge in [-0.3, -0.25) is 0 Å². The number of unbranched alkanes of at least 4 members (excludes halogenated alkanes) is 2. The minimum atomic E-state index is -3.10. The highest BCUT2D eigenvalue weighted by molar-refractivity contribution is 5.88. The summed E-state index contributed by atoms with van der Waals surface area (Å²) in [6, 6.07) is 10.2. The van der Waals surface area contributed by atoms with Crippen molar-refractivity contribution in [1.29, 1.82) is 5.26 Å². The van der Waals surface area contributed by atoms with Crippen LogP contribution >= 0.6 is 0 Å². The second kappa shape index (κ2) is 12.5. The van der Waals surface area contributed by atoms with Gasteiger partial charge < -0.3 is 20.1 Å². The van der Waals surface area contributed by atoms with E-state index in [1.807, 2.05) is 19.1 Å². The number of nitriles is 1. The van der Waals surface area contributed by atoms with Crippen molar-refractivity contribution in [3.05, 3.63) is 66.0 Å². The van der Waals surface area contributed by atoms with E-state index in [1.54, 1.807) is 12.1 Å². The standard InChI is InChI=1S/C32H36F2N6O3/c1-3-4-5-6-16-43-29-26(31(19-35)12-13-31)18-25-27(36-20-37-28(25)39-29)38-21(2)22-8-7-9-24(17-22)32(33,34)23-10-14-40(15-11-23)30(41)42/h3,7-9,17-18,20-21,23H,1,4-6,10-16H2,2H3,(H,41,42)(H,36,37,38,39)/t21-/m1/s1. The summed E-state index contributed by atoms with van der Waals surface area (Å²) >= 11 is 0. The predicted octanol–water partition coefficient (Wildman–Crippen LogP) is 6.97. The van der Waals surface area contributed by atoms with Gasteiger partial charge in [0.15, 0.2) is 5.65 Å². The Morgan fingerprint density at radius 3 is 2.74 bits per heavy atom. The summed E-state index contributed by atoms with van der Waals surface area (Å²) in [6.07, 6.45) is 6.50. The number of halogens is 2. The lowest BCUT2D eigenvalue weighted by Gasteiger charge is -2.35. The molecule has 2 aromatic heterocycles. The summed E-state index contributed by atoms with van der Waals surface area (Å²) in [4.78, 5) is 25.8. The molecule has 11 heteroatoms. The summed E-state index contributed by atoms with van der Waals surface area (Å²) in [7, 11) is 0. The summed E-state index contributed by atoms with van der Waals surface area (Å²) in [5.74, 6) is -3.15. The molecule has 5 rings (SSSR count). The van der Waals surface area contributed by atoms with Gasteiger partial charge in [0.25, 0.3) is 5.92 Å². The fraction of sp³-hybridized carbons (Fsp3) is 0.469. The molecule has 0 bridgehead atoms. The number of pyridine rings is 1. The number of nitrogens with one attached hydrogen (secondary N) is 1. The molecular weight excluding hydrogens is 554 g/mol. The highest BCUT2D eigenvalue weighted by atomic mass is 19.3. The molecule has 2 aliphatic rings. The van der Waals surface area contributed by atoms with Crippen molar-refractivity contribution >= 4 is 22.9 Å². The molecule has 1 saturated carbocycles. The lowest BCUT2D eigenvalue weighted by Crippen LogP contribution is -2.41. The largest absolute Gasteiger partial charge is 0.477 e. The number of likely N-dealkylation sites (tertiary alicyclic amines) is 1. The molecule has 1 amide bonds. The van der Waals surface area contributed by atoms with Crippen molar-refractivity contribution in [3.8, 4) is 11.9 Å². The van der Waals surface area contributed by atoms with E-state index >= 15 is 8.78 Å². The van der Waals surface area contributed by atoms with Gasteiger partial charge in [-0.2, -0.15) is 10.2 Å². The summed E-state index contributed by atoms with van der Waals surface area (Å²) in [5.41, 5.74) is 1.03. The van der Waals surface area contributed by atoms with Crippen molar-refractivity contribution < 1.29 is 23.4 Å². The fourth-order valence-electron chi connectivity index (χ4n) is 5.64. The Bertz CT molecular complexity index is 1530. The Balaban J connectivity index is 1.37. The molecule has 3 heterocycles. The minimum Gasteiger partial charge on any atom is -0.477 e. The van der Waals surface area contributed by atoms with Gasteiger partial charge in [0, 0.05) is 36.2 Å². The number of anilines is 1. The first-order valence-corrected chi connectivity index (χ1v) is 14.7. The topological polar surface area (TPSA) is 124 Å². The number of hydrogen-bond acceptors (Lipinski definition) is 7. The van der Waals surface area contributed by atoms with Crippen LogP contribution in [0.15, 0.2) is 49.3 Å². The van der Waals surface area contributed by atoms with Crippen molar-refractivity contribution in [3.63, 3.8) is 0 Å². The number of ether oxygens (including phenoxy) is 1. The van der Waals surface area contributed by atoms with Crippen LogP contribution in [-0.4, -0.2) is 50.7 Å². The van der Waals surface area contributed by atoms with Crippen LogP contribution in [0, 0.1) is 17.2 Å². The minimum absolute atomic E-state index is 0.0940. The Morgan fingerprint density at radius 2 is 2.07 bits per heavy atom. The number of benzene rings is 1. The van der Waals surface area contributed by atoms with E-state index in [0.29, 0.717) is 53.3 Å². The van der Waals surface area contributed by atoms with Crippen LogP contribution in [0.4, 0.5) is 19.4 Å². The predicted molar refractivity (Wildman–Crippen MR) is 158 cm³/mol. The van der Waals surface area contributed by atoms with Gasteiger partial charge in [-0.25, -0.2) is 23.5 Å². The number of carboxylic acid groups (broad SMARTS) is 1. The van der Waals surface area contributed by atoms with Gasteiger partial charge >= 0.3 is 6.09 Å². The number of alkyl halides is 2. The van der Waals surface area contributed by atoms with E-state index in [4.69, 9.17) is 9.84 Å². The fourth-order valence-corrected chi connectivity index (χ4v) is 5.64. The van der Waals surface area contributed by atoms with Crippen LogP contribution < -0.4 is 10.1 Å². The number of rotatable bonds is 12. The molecule has 1 saturated heterocycles. The zero-order chi connectivity index (χ0) is 30.6. The van der Waals surface area contributed by atoms with E-state index < -0.39 is 29.4 Å². The second-order valence-electron chi connectivity index (χ2n) is 11.4. The molecule has 1 atom stereocenters. The van der Waals surface area contributed by atoms with Crippen molar-refractivity contribution in [2.45, 2.75) is 69.2 Å².